The van der Waals surface area contributed by atoms with E-state index in [1.165, 1.54) is 0 Å². The van der Waals surface area contributed by atoms with Crippen LogP contribution < -0.4 is 10.6 Å². The molecule has 2 rings (SSSR count). The van der Waals surface area contributed by atoms with E-state index in [1.54, 1.807) is 24.3 Å². The van der Waals surface area contributed by atoms with Gasteiger partial charge in [0.1, 0.15) is 6.10 Å². The third-order valence-electron chi connectivity index (χ3n) is 2.45. The Balaban J connectivity index is 1.76. The maximum absolute atomic E-state index is 11.6. The minimum absolute atomic E-state index is 0.0740. The van der Waals surface area contributed by atoms with Crippen molar-refractivity contribution in [3.05, 3.63) is 29.3 Å². The number of nitrogens with zero attached hydrogens (tertiary/aromatic N) is 1. The van der Waals surface area contributed by atoms with Crippen molar-refractivity contribution in [3.63, 3.8) is 0 Å². The van der Waals surface area contributed by atoms with Crippen molar-refractivity contribution in [2.24, 2.45) is 5.16 Å². The second kappa shape index (κ2) is 5.73. The fraction of sp³-hybridized carbons (Fsp3) is 0.333. The molecule has 18 heavy (non-hydrogen) atoms. The summed E-state index contributed by atoms with van der Waals surface area (Å²) in [5.74, 6) is 0. The van der Waals surface area contributed by atoms with Gasteiger partial charge in [-0.15, -0.1) is 0 Å². The quantitative estimate of drug-likeness (QED) is 0.884. The van der Waals surface area contributed by atoms with Gasteiger partial charge in [-0.3, -0.25) is 0 Å². The number of carbonyl (C=O) groups is 1. The zero-order chi connectivity index (χ0) is 13.0. The van der Waals surface area contributed by atoms with E-state index >= 15 is 0 Å². The summed E-state index contributed by atoms with van der Waals surface area (Å²) < 4.78 is 0. The molecular weight excluding hydrogens is 254 g/mol. The molecule has 0 aromatic heterocycles. The van der Waals surface area contributed by atoms with E-state index in [0.29, 0.717) is 17.3 Å². The molecule has 2 N–H and O–H groups in total. The van der Waals surface area contributed by atoms with Gasteiger partial charge in [0.15, 0.2) is 0 Å². The van der Waals surface area contributed by atoms with Crippen molar-refractivity contribution in [2.75, 3.05) is 11.9 Å². The zero-order valence-corrected chi connectivity index (χ0v) is 10.7. The Labute approximate surface area is 110 Å². The topological polar surface area (TPSA) is 62.7 Å². The summed E-state index contributed by atoms with van der Waals surface area (Å²) in [5.41, 5.74) is 1.59. The molecule has 2 amide bonds. The lowest BCUT2D eigenvalue weighted by atomic mass is 10.2. The van der Waals surface area contributed by atoms with Crippen LogP contribution in [0.4, 0.5) is 10.5 Å². The average molecular weight is 268 g/mol. The normalized spacial score (nSPS) is 17.9. The number of nitrogens with one attached hydrogen (secondary N) is 2. The van der Waals surface area contributed by atoms with Gasteiger partial charge in [-0.2, -0.15) is 0 Å². The van der Waals surface area contributed by atoms with E-state index in [4.69, 9.17) is 16.4 Å². The second-order valence-electron chi connectivity index (χ2n) is 4.10. The van der Waals surface area contributed by atoms with Crippen molar-refractivity contribution in [3.8, 4) is 0 Å². The van der Waals surface area contributed by atoms with Crippen LogP contribution in [0.25, 0.3) is 0 Å². The molecule has 0 aliphatic carbocycles. The van der Waals surface area contributed by atoms with E-state index in [1.807, 2.05) is 6.92 Å². The molecule has 0 bridgehead atoms. The summed E-state index contributed by atoms with van der Waals surface area (Å²) >= 11 is 5.82. The first-order valence-corrected chi connectivity index (χ1v) is 6.01. The largest absolute Gasteiger partial charge is 0.390 e. The first-order chi connectivity index (χ1) is 8.63. The monoisotopic (exact) mass is 267 g/mol. The Kier molecular flexibility index (Phi) is 4.04. The van der Waals surface area contributed by atoms with Gasteiger partial charge in [0.2, 0.25) is 0 Å². The number of carbonyl (C=O) groups excluding carboxylic acids is 1. The number of hydrogen-bond acceptors (Lipinski definition) is 3. The number of rotatable bonds is 3. The summed E-state index contributed by atoms with van der Waals surface area (Å²) in [7, 11) is 0. The molecule has 1 aromatic rings. The molecule has 1 unspecified atom stereocenters. The fourth-order valence-corrected chi connectivity index (χ4v) is 1.82. The smallest absolute Gasteiger partial charge is 0.319 e. The minimum atomic E-state index is -0.287. The van der Waals surface area contributed by atoms with Gasteiger partial charge < -0.3 is 15.5 Å². The van der Waals surface area contributed by atoms with Crippen LogP contribution in [0, 0.1) is 0 Å². The van der Waals surface area contributed by atoms with Crippen molar-refractivity contribution < 1.29 is 9.63 Å². The minimum Gasteiger partial charge on any atom is -0.390 e. The highest BCUT2D eigenvalue weighted by atomic mass is 35.5. The highest BCUT2D eigenvalue weighted by Crippen LogP contribution is 2.14. The second-order valence-corrected chi connectivity index (χ2v) is 4.54. The molecule has 1 heterocycles. The van der Waals surface area contributed by atoms with Crippen molar-refractivity contribution >= 4 is 29.0 Å². The molecule has 6 heteroatoms. The standard InChI is InChI=1S/C12H14ClN3O2/c1-8-5-11(18-16-8)7-14-12(17)15-10-4-2-3-9(13)6-10/h2-4,6,11H,5,7H2,1H3,(H2,14,15,17). The van der Waals surface area contributed by atoms with Crippen LogP contribution in [0.2, 0.25) is 5.02 Å². The van der Waals surface area contributed by atoms with Crippen LogP contribution in [0.3, 0.4) is 0 Å². The molecule has 0 radical (unpaired) electrons. The van der Waals surface area contributed by atoms with Crippen LogP contribution >= 0.6 is 11.6 Å². The summed E-state index contributed by atoms with van der Waals surface area (Å²) in [6.07, 6.45) is 0.673. The lowest BCUT2D eigenvalue weighted by molar-refractivity contribution is 0.0870. The van der Waals surface area contributed by atoms with Gasteiger partial charge in [0.25, 0.3) is 0 Å². The average Bonchev–Trinajstić information content (AvgIpc) is 2.73. The molecule has 0 saturated carbocycles. The Morgan fingerprint density at radius 1 is 1.61 bits per heavy atom. The summed E-state index contributed by atoms with van der Waals surface area (Å²) in [6.45, 7) is 2.32. The fourth-order valence-electron chi connectivity index (χ4n) is 1.63. The number of halogens is 1. The van der Waals surface area contributed by atoms with Gasteiger partial charge in [-0.25, -0.2) is 4.79 Å². The molecule has 0 spiro atoms. The van der Waals surface area contributed by atoms with Crippen molar-refractivity contribution in [1.82, 2.24) is 5.32 Å². The predicted molar refractivity (Wildman–Crippen MR) is 71.1 cm³/mol. The van der Waals surface area contributed by atoms with Gasteiger partial charge in [0, 0.05) is 17.1 Å². The molecule has 0 saturated heterocycles. The van der Waals surface area contributed by atoms with Gasteiger partial charge in [-0.1, -0.05) is 22.8 Å². The van der Waals surface area contributed by atoms with E-state index in [2.05, 4.69) is 15.8 Å². The summed E-state index contributed by atoms with van der Waals surface area (Å²) in [5, 5.41) is 9.81. The molecular formula is C12H14ClN3O2. The van der Waals surface area contributed by atoms with Crippen LogP contribution in [-0.4, -0.2) is 24.4 Å². The van der Waals surface area contributed by atoms with Crippen LogP contribution in [-0.2, 0) is 4.84 Å². The first-order valence-electron chi connectivity index (χ1n) is 5.63. The van der Waals surface area contributed by atoms with Gasteiger partial charge in [0.05, 0.1) is 12.3 Å². The highest BCUT2D eigenvalue weighted by molar-refractivity contribution is 6.30. The number of oxime groups is 1. The van der Waals surface area contributed by atoms with Crippen LogP contribution in [0.1, 0.15) is 13.3 Å². The van der Waals surface area contributed by atoms with Crippen LogP contribution in [0.15, 0.2) is 29.4 Å². The molecule has 5 nitrogen and oxygen atoms in total. The Bertz CT molecular complexity index is 476. The zero-order valence-electron chi connectivity index (χ0n) is 9.94. The maximum Gasteiger partial charge on any atom is 0.319 e. The molecule has 0 fully saturated rings. The lowest BCUT2D eigenvalue weighted by Crippen LogP contribution is -2.35. The Morgan fingerprint density at radius 2 is 2.44 bits per heavy atom. The lowest BCUT2D eigenvalue weighted by Gasteiger charge is -2.11. The van der Waals surface area contributed by atoms with E-state index in [9.17, 15) is 4.79 Å². The first kappa shape index (κ1) is 12.7. The number of urea groups is 1. The summed E-state index contributed by atoms with van der Waals surface area (Å²) in [4.78, 5) is 16.7. The van der Waals surface area contributed by atoms with Gasteiger partial charge in [-0.05, 0) is 25.1 Å². The molecule has 1 aliphatic heterocycles. The number of hydrogen-bond donors (Lipinski definition) is 2. The van der Waals surface area contributed by atoms with E-state index < -0.39 is 0 Å². The number of anilines is 1. The maximum atomic E-state index is 11.6. The van der Waals surface area contributed by atoms with E-state index in [-0.39, 0.29) is 12.1 Å². The third kappa shape index (κ3) is 3.63. The third-order valence-corrected chi connectivity index (χ3v) is 2.69. The van der Waals surface area contributed by atoms with E-state index in [0.717, 1.165) is 12.1 Å². The number of benzene rings is 1. The Hall–Kier alpha value is -1.75. The molecule has 1 atom stereocenters. The number of amides is 2. The molecule has 1 aromatic carbocycles. The molecule has 1 aliphatic rings. The van der Waals surface area contributed by atoms with Crippen molar-refractivity contribution in [1.29, 1.82) is 0 Å². The van der Waals surface area contributed by atoms with Crippen LogP contribution in [0.5, 0.6) is 0 Å². The van der Waals surface area contributed by atoms with Crippen molar-refractivity contribution in [2.45, 2.75) is 19.4 Å². The predicted octanol–water partition coefficient (Wildman–Crippen LogP) is 2.63. The SMILES string of the molecule is CC1=NOC(CNC(=O)Nc2cccc(Cl)c2)C1. The van der Waals surface area contributed by atoms with Gasteiger partial charge >= 0.3 is 6.03 Å². The highest BCUT2D eigenvalue weighted by Gasteiger charge is 2.18. The molecule has 96 valence electrons. The Morgan fingerprint density at radius 3 is 3.11 bits per heavy atom. The summed E-state index contributed by atoms with van der Waals surface area (Å²) in [6, 6.07) is 6.68.